The van der Waals surface area contributed by atoms with Gasteiger partial charge in [0.2, 0.25) is 0 Å². The van der Waals surface area contributed by atoms with Gasteiger partial charge in [0, 0.05) is 46.3 Å². The Balaban J connectivity index is 2.02. The molecule has 2 aromatic carbocycles. The van der Waals surface area contributed by atoms with Gasteiger partial charge in [0.25, 0.3) is 0 Å². The number of hydrogen-bond acceptors (Lipinski definition) is 1. The molecule has 3 aromatic rings. The van der Waals surface area contributed by atoms with Crippen molar-refractivity contribution in [1.82, 2.24) is 9.47 Å². The number of para-hydroxylation sites is 1. The summed E-state index contributed by atoms with van der Waals surface area (Å²) in [6.07, 6.45) is 9.26. The van der Waals surface area contributed by atoms with Gasteiger partial charge < -0.3 is 9.47 Å². The van der Waals surface area contributed by atoms with Crippen molar-refractivity contribution in [3.8, 4) is 0 Å². The molecule has 4 heteroatoms. The van der Waals surface area contributed by atoms with Crippen LogP contribution in [0.15, 0.2) is 54.7 Å². The van der Waals surface area contributed by atoms with Crippen LogP contribution in [0.5, 0.6) is 0 Å². The molecule has 0 saturated heterocycles. The first-order valence-electron chi connectivity index (χ1n) is 10.6. The molecule has 2 heterocycles. The highest BCUT2D eigenvalue weighted by molar-refractivity contribution is 14.1. The van der Waals surface area contributed by atoms with E-state index in [0.717, 1.165) is 24.5 Å². The number of rotatable bonds is 7. The lowest BCUT2D eigenvalue weighted by Gasteiger charge is -2.43. The maximum atomic E-state index is 6.80. The molecule has 1 unspecified atom stereocenters. The monoisotopic (exact) mass is 518 g/mol. The summed E-state index contributed by atoms with van der Waals surface area (Å²) in [5.41, 5.74) is 5.18. The van der Waals surface area contributed by atoms with Gasteiger partial charge in [-0.2, -0.15) is 0 Å². The van der Waals surface area contributed by atoms with E-state index in [-0.39, 0.29) is 3.55 Å². The summed E-state index contributed by atoms with van der Waals surface area (Å²) in [7, 11) is 0. The number of fused-ring (bicyclic) bond motifs is 3. The number of aryl methyl sites for hydroxylation is 1. The first-order valence-corrected chi connectivity index (χ1v) is 12.1. The number of halogens is 2. The predicted molar refractivity (Wildman–Crippen MR) is 134 cm³/mol. The van der Waals surface area contributed by atoms with E-state index < -0.39 is 0 Å². The van der Waals surface area contributed by atoms with Gasteiger partial charge in [0.1, 0.15) is 0 Å². The molecule has 0 spiro atoms. The number of benzene rings is 2. The van der Waals surface area contributed by atoms with Gasteiger partial charge in [-0.15, -0.1) is 0 Å². The third kappa shape index (κ3) is 3.50. The van der Waals surface area contributed by atoms with Crippen molar-refractivity contribution in [3.63, 3.8) is 0 Å². The fourth-order valence-corrected chi connectivity index (χ4v) is 6.26. The van der Waals surface area contributed by atoms with Crippen molar-refractivity contribution in [2.75, 3.05) is 6.54 Å². The molecule has 0 bridgehead atoms. The van der Waals surface area contributed by atoms with Gasteiger partial charge in [-0.1, -0.05) is 74.7 Å². The third-order valence-electron chi connectivity index (χ3n) is 5.86. The predicted octanol–water partition coefficient (Wildman–Crippen LogP) is 7.82. The average Bonchev–Trinajstić information content (AvgIpc) is 3.07. The standard InChI is InChI=1S/C25H28ClIN2/c1-3-5-16-28-18-15-20-19-11-7-10-14-23(19)29(17-6-4-2)24(20)25(28,27)21-12-8-9-13-22(21)26/h7-15,18H,3-6,16-17H2,1-2H3. The van der Waals surface area contributed by atoms with Gasteiger partial charge in [-0.25, -0.2) is 0 Å². The van der Waals surface area contributed by atoms with Crippen molar-refractivity contribution < 1.29 is 0 Å². The van der Waals surface area contributed by atoms with Crippen LogP contribution in [0.1, 0.15) is 56.4 Å². The van der Waals surface area contributed by atoms with Crippen molar-refractivity contribution >= 4 is 51.2 Å². The lowest BCUT2D eigenvalue weighted by Crippen LogP contribution is -2.43. The second-order valence-electron chi connectivity index (χ2n) is 7.75. The van der Waals surface area contributed by atoms with E-state index in [1.807, 2.05) is 12.1 Å². The average molecular weight is 519 g/mol. The number of nitrogens with zero attached hydrogens (tertiary/aromatic N) is 2. The Kier molecular flexibility index (Phi) is 6.26. The van der Waals surface area contributed by atoms with Crippen LogP contribution in [0.25, 0.3) is 17.0 Å². The highest BCUT2D eigenvalue weighted by Crippen LogP contribution is 2.51. The highest BCUT2D eigenvalue weighted by Gasteiger charge is 2.44. The second kappa shape index (κ2) is 8.73. The van der Waals surface area contributed by atoms with E-state index in [1.54, 1.807) is 0 Å². The Labute approximate surface area is 192 Å². The van der Waals surface area contributed by atoms with E-state index in [4.69, 9.17) is 11.6 Å². The van der Waals surface area contributed by atoms with Crippen LogP contribution in [0, 0.1) is 0 Å². The molecule has 4 rings (SSSR count). The zero-order valence-electron chi connectivity index (χ0n) is 17.2. The van der Waals surface area contributed by atoms with Gasteiger partial charge >= 0.3 is 0 Å². The Morgan fingerprint density at radius 3 is 2.38 bits per heavy atom. The molecule has 1 atom stereocenters. The number of alkyl halides is 1. The maximum Gasteiger partial charge on any atom is 0.159 e. The Morgan fingerprint density at radius 1 is 0.931 bits per heavy atom. The molecule has 0 aliphatic carbocycles. The lowest BCUT2D eigenvalue weighted by molar-refractivity contribution is 0.281. The SMILES string of the molecule is CCCCN1C=Cc2c(n(CCCC)c3ccccc23)C1(I)c1ccccc1Cl. The molecule has 0 fully saturated rings. The largest absolute Gasteiger partial charge is 0.354 e. The zero-order chi connectivity index (χ0) is 20.4. The molecule has 1 aliphatic heterocycles. The summed E-state index contributed by atoms with van der Waals surface area (Å²) in [6.45, 7) is 6.55. The van der Waals surface area contributed by atoms with Crippen LogP contribution in [0.3, 0.4) is 0 Å². The molecular formula is C25H28ClIN2. The normalized spacial score (nSPS) is 18.4. The molecule has 152 valence electrons. The van der Waals surface area contributed by atoms with Crippen LogP contribution in [-0.4, -0.2) is 16.0 Å². The number of unbranched alkanes of at least 4 members (excludes halogenated alkanes) is 2. The van der Waals surface area contributed by atoms with E-state index in [1.165, 1.54) is 47.0 Å². The lowest BCUT2D eigenvalue weighted by atomic mass is 9.94. The van der Waals surface area contributed by atoms with Crippen molar-refractivity contribution in [1.29, 1.82) is 0 Å². The fraction of sp³-hybridized carbons (Fsp3) is 0.360. The van der Waals surface area contributed by atoms with Gasteiger partial charge in [-0.05, 0) is 53.6 Å². The van der Waals surface area contributed by atoms with Crippen LogP contribution < -0.4 is 0 Å². The minimum Gasteiger partial charge on any atom is -0.354 e. The van der Waals surface area contributed by atoms with Crippen molar-refractivity contribution in [3.05, 3.63) is 76.6 Å². The van der Waals surface area contributed by atoms with Crippen LogP contribution in [0.2, 0.25) is 5.02 Å². The molecule has 0 amide bonds. The smallest absolute Gasteiger partial charge is 0.159 e. The molecule has 0 radical (unpaired) electrons. The molecule has 0 saturated carbocycles. The van der Waals surface area contributed by atoms with Gasteiger partial charge in [0.15, 0.2) is 3.55 Å². The van der Waals surface area contributed by atoms with Crippen LogP contribution in [-0.2, 0) is 10.1 Å². The quantitative estimate of drug-likeness (QED) is 0.176. The minimum atomic E-state index is -0.331. The summed E-state index contributed by atoms with van der Waals surface area (Å²) in [5.74, 6) is 0. The number of aromatic nitrogens is 1. The van der Waals surface area contributed by atoms with Gasteiger partial charge in [-0.3, -0.25) is 0 Å². The molecule has 0 N–H and O–H groups in total. The Bertz CT molecular complexity index is 1040. The third-order valence-corrected chi connectivity index (χ3v) is 7.90. The van der Waals surface area contributed by atoms with Crippen LogP contribution in [0.4, 0.5) is 0 Å². The van der Waals surface area contributed by atoms with Crippen molar-refractivity contribution in [2.45, 2.75) is 49.6 Å². The highest BCUT2D eigenvalue weighted by atomic mass is 127. The summed E-state index contributed by atoms with van der Waals surface area (Å²) >= 11 is 9.46. The molecule has 29 heavy (non-hydrogen) atoms. The van der Waals surface area contributed by atoms with E-state index in [9.17, 15) is 0 Å². The number of hydrogen-bond donors (Lipinski definition) is 0. The van der Waals surface area contributed by atoms with E-state index in [0.29, 0.717) is 0 Å². The first-order chi connectivity index (χ1) is 14.1. The minimum absolute atomic E-state index is 0.331. The molecular weight excluding hydrogens is 491 g/mol. The van der Waals surface area contributed by atoms with E-state index >= 15 is 0 Å². The topological polar surface area (TPSA) is 8.17 Å². The van der Waals surface area contributed by atoms with E-state index in [2.05, 4.69) is 94.6 Å². The summed E-state index contributed by atoms with van der Waals surface area (Å²) in [4.78, 5) is 2.49. The molecule has 1 aromatic heterocycles. The molecule has 2 nitrogen and oxygen atoms in total. The second-order valence-corrected chi connectivity index (χ2v) is 9.72. The van der Waals surface area contributed by atoms with Crippen molar-refractivity contribution in [2.24, 2.45) is 0 Å². The Hall–Kier alpha value is -1.46. The van der Waals surface area contributed by atoms with Gasteiger partial charge in [0.05, 0.1) is 5.69 Å². The van der Waals surface area contributed by atoms with Crippen LogP contribution >= 0.6 is 34.2 Å². The first kappa shape index (κ1) is 20.8. The summed E-state index contributed by atoms with van der Waals surface area (Å²) < 4.78 is 2.22. The molecule has 1 aliphatic rings. The zero-order valence-corrected chi connectivity index (χ0v) is 20.1. The maximum absolute atomic E-state index is 6.80. The Morgan fingerprint density at radius 2 is 1.62 bits per heavy atom. The fourth-order valence-electron chi connectivity index (χ4n) is 4.38. The summed E-state index contributed by atoms with van der Waals surface area (Å²) in [5, 5.41) is 2.16. The summed E-state index contributed by atoms with van der Waals surface area (Å²) in [6, 6.07) is 17.2.